The Morgan fingerprint density at radius 3 is 2.95 bits per heavy atom. The molecule has 0 aliphatic rings. The van der Waals surface area contributed by atoms with Gasteiger partial charge in [0.25, 0.3) is 0 Å². The van der Waals surface area contributed by atoms with E-state index < -0.39 is 0 Å². The molecule has 0 bridgehead atoms. The van der Waals surface area contributed by atoms with Crippen molar-refractivity contribution in [1.29, 1.82) is 0 Å². The molecule has 0 aliphatic carbocycles. The highest BCUT2D eigenvalue weighted by molar-refractivity contribution is 7.13. The van der Waals surface area contributed by atoms with E-state index in [1.54, 1.807) is 24.6 Å². The van der Waals surface area contributed by atoms with Crippen LogP contribution in [0.25, 0.3) is 10.7 Å². The van der Waals surface area contributed by atoms with Crippen molar-refractivity contribution >= 4 is 11.3 Å². The van der Waals surface area contributed by atoms with Gasteiger partial charge in [-0.3, -0.25) is 0 Å². The number of hydrogen-bond donors (Lipinski definition) is 1. The summed E-state index contributed by atoms with van der Waals surface area (Å²) in [6.07, 6.45) is 3.76. The van der Waals surface area contributed by atoms with E-state index in [1.165, 1.54) is 0 Å². The minimum absolute atomic E-state index is 0.0265. The van der Waals surface area contributed by atoms with Gasteiger partial charge in [-0.05, 0) is 29.1 Å². The first-order chi connectivity index (χ1) is 10.3. The van der Waals surface area contributed by atoms with Crippen LogP contribution in [0.2, 0.25) is 0 Å². The molecule has 0 aliphatic heterocycles. The smallest absolute Gasteiger partial charge is 0.150 e. The molecule has 3 rings (SSSR count). The summed E-state index contributed by atoms with van der Waals surface area (Å²) >= 11 is 1.67. The van der Waals surface area contributed by atoms with Crippen molar-refractivity contribution in [2.24, 2.45) is 0 Å². The second-order valence-electron chi connectivity index (χ2n) is 4.66. The summed E-state index contributed by atoms with van der Waals surface area (Å²) in [7, 11) is 1.66. The van der Waals surface area contributed by atoms with Crippen LogP contribution < -0.4 is 4.74 Å². The molecule has 5 heteroatoms. The van der Waals surface area contributed by atoms with Gasteiger partial charge in [0.1, 0.15) is 11.6 Å². The summed E-state index contributed by atoms with van der Waals surface area (Å²) in [6, 6.07) is 9.81. The molecule has 108 valence electrons. The zero-order chi connectivity index (χ0) is 14.7. The summed E-state index contributed by atoms with van der Waals surface area (Å²) in [4.78, 5) is 5.57. The zero-order valence-corrected chi connectivity index (χ0v) is 12.5. The van der Waals surface area contributed by atoms with Gasteiger partial charge in [-0.1, -0.05) is 12.1 Å². The van der Waals surface area contributed by atoms with E-state index in [9.17, 15) is 5.11 Å². The topological polar surface area (TPSA) is 47.3 Å². The molecular formula is C16H16N2O2S. The summed E-state index contributed by atoms with van der Waals surface area (Å²) < 4.78 is 7.50. The van der Waals surface area contributed by atoms with Gasteiger partial charge in [-0.2, -0.15) is 0 Å². The molecule has 4 nitrogen and oxygen atoms in total. The van der Waals surface area contributed by atoms with Gasteiger partial charge in [-0.15, -0.1) is 11.3 Å². The monoisotopic (exact) mass is 300 g/mol. The van der Waals surface area contributed by atoms with Gasteiger partial charge in [0.15, 0.2) is 0 Å². The molecule has 0 spiro atoms. The lowest BCUT2D eigenvalue weighted by atomic mass is 10.1. The van der Waals surface area contributed by atoms with Crippen LogP contribution in [0.5, 0.6) is 5.75 Å². The Bertz CT molecular complexity index is 720. The molecule has 1 aromatic carbocycles. The summed E-state index contributed by atoms with van der Waals surface area (Å²) in [5.41, 5.74) is 1.91. The van der Waals surface area contributed by atoms with E-state index in [4.69, 9.17) is 4.74 Å². The van der Waals surface area contributed by atoms with E-state index >= 15 is 0 Å². The largest absolute Gasteiger partial charge is 0.496 e. The lowest BCUT2D eigenvalue weighted by molar-refractivity contribution is 0.281. The van der Waals surface area contributed by atoms with Crippen LogP contribution in [-0.4, -0.2) is 21.8 Å². The maximum atomic E-state index is 9.30. The molecule has 1 N–H and O–H groups in total. The van der Waals surface area contributed by atoms with Crippen LogP contribution >= 0.6 is 11.3 Å². The second kappa shape index (κ2) is 6.11. The van der Waals surface area contributed by atoms with Gasteiger partial charge < -0.3 is 14.4 Å². The van der Waals surface area contributed by atoms with Crippen LogP contribution in [0.1, 0.15) is 11.1 Å². The van der Waals surface area contributed by atoms with Crippen molar-refractivity contribution in [2.45, 2.75) is 13.2 Å². The Hall–Kier alpha value is -2.11. The average Bonchev–Trinajstić information content (AvgIpc) is 3.17. The SMILES string of the molecule is COc1ccc(CO)cc1Cn1ccnc1-c1cccs1. The number of methoxy groups -OCH3 is 1. The summed E-state index contributed by atoms with van der Waals surface area (Å²) in [6.45, 7) is 0.683. The molecule has 0 saturated heterocycles. The number of thiophene rings is 1. The summed E-state index contributed by atoms with van der Waals surface area (Å²) in [5, 5.41) is 11.3. The van der Waals surface area contributed by atoms with Crippen molar-refractivity contribution in [1.82, 2.24) is 9.55 Å². The van der Waals surface area contributed by atoms with E-state index in [-0.39, 0.29) is 6.61 Å². The number of hydrogen-bond acceptors (Lipinski definition) is 4. The summed E-state index contributed by atoms with van der Waals surface area (Å²) in [5.74, 6) is 1.76. The fraction of sp³-hybridized carbons (Fsp3) is 0.188. The molecule has 0 unspecified atom stereocenters. The van der Waals surface area contributed by atoms with Crippen molar-refractivity contribution in [3.63, 3.8) is 0 Å². The van der Waals surface area contributed by atoms with E-state index in [1.807, 2.05) is 35.8 Å². The molecule has 0 fully saturated rings. The van der Waals surface area contributed by atoms with E-state index in [2.05, 4.69) is 15.6 Å². The van der Waals surface area contributed by atoms with Crippen LogP contribution in [0.3, 0.4) is 0 Å². The van der Waals surface area contributed by atoms with Gasteiger partial charge >= 0.3 is 0 Å². The molecule has 0 atom stereocenters. The van der Waals surface area contributed by atoms with Crippen LogP contribution in [0.15, 0.2) is 48.1 Å². The van der Waals surface area contributed by atoms with Crippen molar-refractivity contribution in [2.75, 3.05) is 7.11 Å². The number of aromatic nitrogens is 2. The lowest BCUT2D eigenvalue weighted by Gasteiger charge is -2.12. The predicted octanol–water partition coefficient (Wildman–Crippen LogP) is 3.16. The highest BCUT2D eigenvalue weighted by Gasteiger charge is 2.10. The van der Waals surface area contributed by atoms with Gasteiger partial charge in [0, 0.05) is 18.0 Å². The zero-order valence-electron chi connectivity index (χ0n) is 11.7. The van der Waals surface area contributed by atoms with Crippen LogP contribution in [0.4, 0.5) is 0 Å². The number of nitrogens with zero attached hydrogens (tertiary/aromatic N) is 2. The molecule has 21 heavy (non-hydrogen) atoms. The highest BCUT2D eigenvalue weighted by atomic mass is 32.1. The predicted molar refractivity (Wildman–Crippen MR) is 83.6 cm³/mol. The van der Waals surface area contributed by atoms with E-state index in [0.29, 0.717) is 6.54 Å². The third kappa shape index (κ3) is 2.84. The first kappa shape index (κ1) is 13.9. The molecular weight excluding hydrogens is 284 g/mol. The molecule has 2 heterocycles. The second-order valence-corrected chi connectivity index (χ2v) is 5.61. The number of aliphatic hydroxyl groups is 1. The maximum absolute atomic E-state index is 9.30. The minimum Gasteiger partial charge on any atom is -0.496 e. The van der Waals surface area contributed by atoms with Gasteiger partial charge in [0.2, 0.25) is 0 Å². The molecule has 3 aromatic rings. The van der Waals surface area contributed by atoms with Gasteiger partial charge in [0.05, 0.1) is 25.1 Å². The fourth-order valence-electron chi connectivity index (χ4n) is 2.31. The Morgan fingerprint density at radius 1 is 1.33 bits per heavy atom. The van der Waals surface area contributed by atoms with Crippen molar-refractivity contribution < 1.29 is 9.84 Å². The number of aliphatic hydroxyl groups excluding tert-OH is 1. The number of rotatable bonds is 5. The number of ether oxygens (including phenoxy) is 1. The molecule has 0 radical (unpaired) electrons. The third-order valence-corrected chi connectivity index (χ3v) is 4.19. The fourth-order valence-corrected chi connectivity index (χ4v) is 3.04. The lowest BCUT2D eigenvalue weighted by Crippen LogP contribution is -2.03. The Labute approximate surface area is 127 Å². The minimum atomic E-state index is 0.0265. The average molecular weight is 300 g/mol. The molecule has 0 amide bonds. The maximum Gasteiger partial charge on any atom is 0.150 e. The van der Waals surface area contributed by atoms with Crippen molar-refractivity contribution in [3.05, 3.63) is 59.2 Å². The van der Waals surface area contributed by atoms with Crippen molar-refractivity contribution in [3.8, 4) is 16.5 Å². The Balaban J connectivity index is 1.96. The molecule has 0 saturated carbocycles. The third-order valence-electron chi connectivity index (χ3n) is 3.33. The standard InChI is InChI=1S/C16H16N2O2S/c1-20-14-5-4-12(11-19)9-13(14)10-18-7-6-17-16(18)15-3-2-8-21-15/h2-9,19H,10-11H2,1H3. The first-order valence-electron chi connectivity index (χ1n) is 6.63. The van der Waals surface area contributed by atoms with E-state index in [0.717, 1.165) is 27.6 Å². The van der Waals surface area contributed by atoms with Crippen LogP contribution in [0, 0.1) is 0 Å². The first-order valence-corrected chi connectivity index (χ1v) is 7.51. The van der Waals surface area contributed by atoms with Crippen LogP contribution in [-0.2, 0) is 13.2 Å². The number of imidazole rings is 1. The number of benzene rings is 1. The molecule has 2 aromatic heterocycles. The Morgan fingerprint density at radius 2 is 2.24 bits per heavy atom. The quantitative estimate of drug-likeness (QED) is 0.787. The highest BCUT2D eigenvalue weighted by Crippen LogP contribution is 2.26. The normalized spacial score (nSPS) is 10.8. The Kier molecular flexibility index (Phi) is 4.03. The van der Waals surface area contributed by atoms with Gasteiger partial charge in [-0.25, -0.2) is 4.98 Å².